The second kappa shape index (κ2) is 5.19. The van der Waals surface area contributed by atoms with Crippen LogP contribution < -0.4 is 5.32 Å². The van der Waals surface area contributed by atoms with Crippen molar-refractivity contribution in [3.63, 3.8) is 0 Å². The maximum Gasteiger partial charge on any atom is 0.251 e. The number of carbonyl (C=O) groups is 1. The Bertz CT molecular complexity index is 565. The Morgan fingerprint density at radius 1 is 1.33 bits per heavy atom. The third kappa shape index (κ3) is 2.58. The molecule has 0 radical (unpaired) electrons. The second-order valence-corrected chi connectivity index (χ2v) is 3.90. The predicted octanol–water partition coefficient (Wildman–Crippen LogP) is 2.64. The monoisotopic (exact) mass is 240 g/mol. The largest absolute Gasteiger partial charge is 0.467 e. The smallest absolute Gasteiger partial charge is 0.251 e. The van der Waals surface area contributed by atoms with E-state index in [1.165, 1.54) is 0 Å². The topological polar surface area (TPSA) is 66.0 Å². The normalized spacial score (nSPS) is 11.6. The van der Waals surface area contributed by atoms with Crippen LogP contribution in [-0.4, -0.2) is 5.91 Å². The molecule has 18 heavy (non-hydrogen) atoms. The van der Waals surface area contributed by atoms with E-state index >= 15 is 0 Å². The van der Waals surface area contributed by atoms with Crippen molar-refractivity contribution < 1.29 is 9.21 Å². The molecule has 0 aliphatic heterocycles. The molecule has 0 spiro atoms. The number of hydrogen-bond donors (Lipinski definition) is 1. The van der Waals surface area contributed by atoms with Crippen LogP contribution in [-0.2, 0) is 0 Å². The first-order valence-electron chi connectivity index (χ1n) is 5.55. The molecular formula is C14H12N2O2. The molecule has 0 saturated carbocycles. The lowest BCUT2D eigenvalue weighted by atomic mass is 10.1. The molecule has 1 atom stereocenters. The van der Waals surface area contributed by atoms with Crippen molar-refractivity contribution in [2.24, 2.45) is 0 Å². The molecule has 90 valence electrons. The molecule has 2 aromatic rings. The van der Waals surface area contributed by atoms with Crippen molar-refractivity contribution in [1.29, 1.82) is 5.26 Å². The highest BCUT2D eigenvalue weighted by Crippen LogP contribution is 2.13. The Morgan fingerprint density at radius 2 is 2.06 bits per heavy atom. The summed E-state index contributed by atoms with van der Waals surface area (Å²) in [5, 5.41) is 11.5. The minimum Gasteiger partial charge on any atom is -0.467 e. The van der Waals surface area contributed by atoms with Gasteiger partial charge in [-0.1, -0.05) is 0 Å². The summed E-state index contributed by atoms with van der Waals surface area (Å²) in [6.07, 6.45) is 1.57. The summed E-state index contributed by atoms with van der Waals surface area (Å²) in [6.45, 7) is 1.85. The standard InChI is InChI=1S/C14H12N2O2/c1-10(13-3-2-8-18-13)16-14(17)12-6-4-11(9-15)5-7-12/h2-8,10H,1H3,(H,16,17)/t10-/m1/s1. The number of amides is 1. The van der Waals surface area contributed by atoms with Crippen LogP contribution in [0.2, 0.25) is 0 Å². The maximum absolute atomic E-state index is 11.9. The van der Waals surface area contributed by atoms with Gasteiger partial charge in [-0.3, -0.25) is 4.79 Å². The van der Waals surface area contributed by atoms with Gasteiger partial charge in [0, 0.05) is 5.56 Å². The van der Waals surface area contributed by atoms with Gasteiger partial charge in [-0.2, -0.15) is 5.26 Å². The quantitative estimate of drug-likeness (QED) is 0.896. The van der Waals surface area contributed by atoms with Crippen LogP contribution in [0.15, 0.2) is 47.1 Å². The Morgan fingerprint density at radius 3 is 2.61 bits per heavy atom. The zero-order valence-corrected chi connectivity index (χ0v) is 9.88. The Balaban J connectivity index is 2.05. The van der Waals surface area contributed by atoms with Gasteiger partial charge in [-0.25, -0.2) is 0 Å². The molecule has 1 amide bonds. The first kappa shape index (κ1) is 11.9. The predicted molar refractivity (Wildman–Crippen MR) is 65.7 cm³/mol. The van der Waals surface area contributed by atoms with Gasteiger partial charge in [0.05, 0.1) is 23.9 Å². The van der Waals surface area contributed by atoms with E-state index in [-0.39, 0.29) is 11.9 Å². The van der Waals surface area contributed by atoms with E-state index in [1.807, 2.05) is 19.1 Å². The van der Waals surface area contributed by atoms with Crippen LogP contribution in [0, 0.1) is 11.3 Å². The fourth-order valence-corrected chi connectivity index (χ4v) is 1.58. The first-order valence-corrected chi connectivity index (χ1v) is 5.55. The highest BCUT2D eigenvalue weighted by Gasteiger charge is 2.12. The molecule has 0 saturated heterocycles. The lowest BCUT2D eigenvalue weighted by Gasteiger charge is -2.11. The molecule has 4 heteroatoms. The third-order valence-corrected chi connectivity index (χ3v) is 2.59. The van der Waals surface area contributed by atoms with Crippen LogP contribution in [0.1, 0.15) is 34.6 Å². The van der Waals surface area contributed by atoms with Gasteiger partial charge in [-0.05, 0) is 43.3 Å². The van der Waals surface area contributed by atoms with E-state index in [4.69, 9.17) is 9.68 Å². The van der Waals surface area contributed by atoms with Gasteiger partial charge in [0.2, 0.25) is 0 Å². The number of carbonyl (C=O) groups excluding carboxylic acids is 1. The molecule has 0 fully saturated rings. The van der Waals surface area contributed by atoms with Gasteiger partial charge in [-0.15, -0.1) is 0 Å². The van der Waals surface area contributed by atoms with Crippen molar-refractivity contribution in [3.05, 3.63) is 59.5 Å². The molecule has 4 nitrogen and oxygen atoms in total. The summed E-state index contributed by atoms with van der Waals surface area (Å²) < 4.78 is 5.21. The molecule has 0 aliphatic carbocycles. The summed E-state index contributed by atoms with van der Waals surface area (Å²) in [7, 11) is 0. The number of nitriles is 1. The van der Waals surface area contributed by atoms with Gasteiger partial charge < -0.3 is 9.73 Å². The summed E-state index contributed by atoms with van der Waals surface area (Å²) in [5.41, 5.74) is 1.05. The zero-order chi connectivity index (χ0) is 13.0. The molecule has 0 aliphatic rings. The third-order valence-electron chi connectivity index (χ3n) is 2.59. The molecule has 0 bridgehead atoms. The Hall–Kier alpha value is -2.54. The van der Waals surface area contributed by atoms with Crippen LogP contribution in [0.5, 0.6) is 0 Å². The van der Waals surface area contributed by atoms with Crippen molar-refractivity contribution in [2.75, 3.05) is 0 Å². The van der Waals surface area contributed by atoms with E-state index in [2.05, 4.69) is 5.32 Å². The summed E-state index contributed by atoms with van der Waals surface area (Å²) in [5.74, 6) is 0.514. The van der Waals surface area contributed by atoms with Crippen LogP contribution in [0.3, 0.4) is 0 Å². The van der Waals surface area contributed by atoms with E-state index in [9.17, 15) is 4.79 Å². The van der Waals surface area contributed by atoms with E-state index in [0.717, 1.165) is 0 Å². The number of hydrogen-bond acceptors (Lipinski definition) is 3. The van der Waals surface area contributed by atoms with Crippen LogP contribution in [0.25, 0.3) is 0 Å². The molecule has 0 unspecified atom stereocenters. The Kier molecular flexibility index (Phi) is 3.44. The van der Waals surface area contributed by atoms with E-state index < -0.39 is 0 Å². The van der Waals surface area contributed by atoms with Gasteiger partial charge in [0.15, 0.2) is 0 Å². The fraction of sp³-hybridized carbons (Fsp3) is 0.143. The average molecular weight is 240 g/mol. The molecule has 1 N–H and O–H groups in total. The minimum atomic E-state index is -0.192. The first-order chi connectivity index (χ1) is 8.70. The average Bonchev–Trinajstić information content (AvgIpc) is 2.92. The Labute approximate surface area is 105 Å². The number of furan rings is 1. The number of nitrogens with one attached hydrogen (secondary N) is 1. The van der Waals surface area contributed by atoms with Gasteiger partial charge >= 0.3 is 0 Å². The maximum atomic E-state index is 11.9. The molecule has 1 aromatic heterocycles. The summed E-state index contributed by atoms with van der Waals surface area (Å²) in [6, 6.07) is 11.9. The summed E-state index contributed by atoms with van der Waals surface area (Å²) >= 11 is 0. The summed E-state index contributed by atoms with van der Waals surface area (Å²) in [4.78, 5) is 11.9. The van der Waals surface area contributed by atoms with Crippen molar-refractivity contribution >= 4 is 5.91 Å². The molecular weight excluding hydrogens is 228 g/mol. The SMILES string of the molecule is C[C@@H](NC(=O)c1ccc(C#N)cc1)c1ccco1. The number of rotatable bonds is 3. The molecule has 2 rings (SSSR count). The fourth-order valence-electron chi connectivity index (χ4n) is 1.58. The van der Waals surface area contributed by atoms with E-state index in [0.29, 0.717) is 16.9 Å². The number of nitrogens with zero attached hydrogens (tertiary/aromatic N) is 1. The van der Waals surface area contributed by atoms with Crippen LogP contribution >= 0.6 is 0 Å². The zero-order valence-electron chi connectivity index (χ0n) is 9.88. The number of benzene rings is 1. The van der Waals surface area contributed by atoms with Crippen LogP contribution in [0.4, 0.5) is 0 Å². The van der Waals surface area contributed by atoms with Gasteiger partial charge in [0.25, 0.3) is 5.91 Å². The van der Waals surface area contributed by atoms with Gasteiger partial charge in [0.1, 0.15) is 5.76 Å². The molecule has 1 aromatic carbocycles. The van der Waals surface area contributed by atoms with E-state index in [1.54, 1.807) is 36.6 Å². The highest BCUT2D eigenvalue weighted by molar-refractivity contribution is 5.94. The second-order valence-electron chi connectivity index (χ2n) is 3.90. The van der Waals surface area contributed by atoms with Crippen molar-refractivity contribution in [2.45, 2.75) is 13.0 Å². The molecule has 1 heterocycles. The minimum absolute atomic E-state index is 0.191. The highest BCUT2D eigenvalue weighted by atomic mass is 16.3. The lowest BCUT2D eigenvalue weighted by molar-refractivity contribution is 0.0935. The van der Waals surface area contributed by atoms with Crippen molar-refractivity contribution in [1.82, 2.24) is 5.32 Å². The lowest BCUT2D eigenvalue weighted by Crippen LogP contribution is -2.26. The van der Waals surface area contributed by atoms with Crippen molar-refractivity contribution in [3.8, 4) is 6.07 Å².